The van der Waals surface area contributed by atoms with Gasteiger partial charge in [-0.2, -0.15) is 0 Å². The molecule has 0 saturated heterocycles. The molecule has 300 valence electrons. The monoisotopic (exact) mass is 765 g/mol. The van der Waals surface area contributed by atoms with E-state index >= 15 is 0 Å². The average Bonchev–Trinajstić information content (AvgIpc) is 3.24. The van der Waals surface area contributed by atoms with Crippen molar-refractivity contribution >= 4 is 0 Å². The second-order valence-corrected chi connectivity index (χ2v) is 14.7. The van der Waals surface area contributed by atoms with Gasteiger partial charge < -0.3 is 28.9 Å². The van der Waals surface area contributed by atoms with Crippen molar-refractivity contribution in [2.75, 3.05) is 81.7 Å². The van der Waals surface area contributed by atoms with Crippen molar-refractivity contribution in [1.82, 2.24) is 14.7 Å². The lowest BCUT2D eigenvalue weighted by molar-refractivity contribution is 0.0686. The van der Waals surface area contributed by atoms with Crippen LogP contribution in [-0.2, 0) is 15.9 Å². The van der Waals surface area contributed by atoms with E-state index in [1.807, 2.05) is 42.5 Å². The second-order valence-electron chi connectivity index (χ2n) is 14.7. The van der Waals surface area contributed by atoms with E-state index in [2.05, 4.69) is 190 Å². The summed E-state index contributed by atoms with van der Waals surface area (Å²) in [6.07, 6.45) is 0.948. The lowest BCUT2D eigenvalue weighted by atomic mass is 10.0. The van der Waals surface area contributed by atoms with Gasteiger partial charge in [-0.1, -0.05) is 170 Å². The van der Waals surface area contributed by atoms with Crippen molar-refractivity contribution in [2.24, 2.45) is 0 Å². The van der Waals surface area contributed by atoms with Crippen LogP contribution in [0.25, 0.3) is 0 Å². The van der Waals surface area contributed by atoms with Crippen molar-refractivity contribution in [3.05, 3.63) is 209 Å². The predicted molar refractivity (Wildman–Crippen MR) is 238 cm³/mol. The molecule has 0 N–H and O–H groups in total. The number of nitrogens with zero attached hydrogens (tertiary/aromatic N) is 3. The lowest BCUT2D eigenvalue weighted by Gasteiger charge is -2.20. The zero-order valence-electron chi connectivity index (χ0n) is 34.9. The molecule has 0 atom stereocenters. The predicted octanol–water partition coefficient (Wildman–Crippen LogP) is 9.93. The highest BCUT2D eigenvalue weighted by Crippen LogP contribution is 2.27. The minimum absolute atomic E-state index is 0.0161. The zero-order chi connectivity index (χ0) is 40.5. The van der Waals surface area contributed by atoms with E-state index in [1.165, 1.54) is 33.4 Å². The van der Waals surface area contributed by atoms with Gasteiger partial charge in [-0.25, -0.2) is 0 Å². The van der Waals surface area contributed by atoms with Crippen LogP contribution in [0.2, 0.25) is 0 Å². The Kier molecular flexibility index (Phi) is 20.3. The molecule has 0 heterocycles. The van der Waals surface area contributed by atoms with Crippen LogP contribution in [0.15, 0.2) is 176 Å². The van der Waals surface area contributed by atoms with Crippen LogP contribution in [-0.4, -0.2) is 96.4 Å². The molecule has 57 heavy (non-hydrogen) atoms. The van der Waals surface area contributed by atoms with Gasteiger partial charge in [0.1, 0.15) is 24.6 Å². The standard InChI is InChI=1S/3C17H21NO/c2*1-18(2)13-14-19-17(15-9-5-3-6-10-15)16-11-7-4-8-12-16;1-18(2)12-13-19-17-11-7-6-10-16(17)14-15-8-4-3-5-9-15/h2*3-12,17H,13-14H2,1-2H3;3-11H,12-14H2,1-2H3. The highest BCUT2D eigenvalue weighted by molar-refractivity contribution is 5.37. The zero-order valence-corrected chi connectivity index (χ0v) is 34.9. The fourth-order valence-electron chi connectivity index (χ4n) is 5.93. The Morgan fingerprint density at radius 1 is 0.368 bits per heavy atom. The van der Waals surface area contributed by atoms with Gasteiger partial charge in [0.05, 0.1) is 13.2 Å². The summed E-state index contributed by atoms with van der Waals surface area (Å²) in [7, 11) is 12.3. The van der Waals surface area contributed by atoms with E-state index in [-0.39, 0.29) is 12.2 Å². The fraction of sp³-hybridized carbons (Fsp3) is 0.294. The lowest BCUT2D eigenvalue weighted by Crippen LogP contribution is -2.20. The highest BCUT2D eigenvalue weighted by atomic mass is 16.5. The molecule has 0 spiro atoms. The minimum atomic E-state index is 0.0161. The molecule has 6 heteroatoms. The maximum atomic E-state index is 6.08. The first kappa shape index (κ1) is 44.6. The summed E-state index contributed by atoms with van der Waals surface area (Å²) in [6, 6.07) is 60.3. The molecule has 6 aromatic carbocycles. The molecule has 0 saturated carbocycles. The summed E-state index contributed by atoms with van der Waals surface area (Å²) in [5, 5.41) is 0. The second kappa shape index (κ2) is 26.0. The van der Waals surface area contributed by atoms with Gasteiger partial charge in [0.15, 0.2) is 0 Å². The van der Waals surface area contributed by atoms with Gasteiger partial charge >= 0.3 is 0 Å². The van der Waals surface area contributed by atoms with Crippen LogP contribution in [0.4, 0.5) is 0 Å². The Bertz CT molecular complexity index is 1700. The van der Waals surface area contributed by atoms with Crippen LogP contribution in [0.3, 0.4) is 0 Å². The number of likely N-dealkylation sites (N-methyl/N-ethyl adjacent to an activating group) is 3. The summed E-state index contributed by atoms with van der Waals surface area (Å²) in [4.78, 5) is 6.39. The quantitative estimate of drug-likeness (QED) is 0.0868. The average molecular weight is 766 g/mol. The van der Waals surface area contributed by atoms with Gasteiger partial charge in [0, 0.05) is 26.1 Å². The molecule has 0 aliphatic heterocycles. The molecule has 0 aliphatic rings. The van der Waals surface area contributed by atoms with Gasteiger partial charge in [-0.15, -0.1) is 0 Å². The Hall–Kier alpha value is -5.08. The molecule has 0 bridgehead atoms. The molecule has 0 unspecified atom stereocenters. The molecular weight excluding hydrogens is 703 g/mol. The van der Waals surface area contributed by atoms with Gasteiger partial charge in [-0.3, -0.25) is 0 Å². The minimum Gasteiger partial charge on any atom is -0.492 e. The first-order valence-corrected chi connectivity index (χ1v) is 19.9. The number of ether oxygens (including phenoxy) is 3. The van der Waals surface area contributed by atoms with Crippen LogP contribution in [0.1, 0.15) is 45.6 Å². The molecule has 0 aliphatic carbocycles. The van der Waals surface area contributed by atoms with Gasteiger partial charge in [0.2, 0.25) is 0 Å². The summed E-state index contributed by atoms with van der Waals surface area (Å²) in [5.74, 6) is 0.994. The maximum Gasteiger partial charge on any atom is 0.122 e. The number of benzene rings is 6. The normalized spacial score (nSPS) is 11.0. The number of hydrogen-bond acceptors (Lipinski definition) is 6. The number of para-hydroxylation sites is 1. The van der Waals surface area contributed by atoms with Crippen LogP contribution in [0, 0.1) is 0 Å². The largest absolute Gasteiger partial charge is 0.492 e. The smallest absolute Gasteiger partial charge is 0.122 e. The molecule has 6 nitrogen and oxygen atoms in total. The topological polar surface area (TPSA) is 37.4 Å². The number of hydrogen-bond donors (Lipinski definition) is 0. The molecule has 0 radical (unpaired) electrons. The summed E-state index contributed by atoms with van der Waals surface area (Å²) < 4.78 is 18.0. The molecule has 6 rings (SSSR count). The third-order valence-electron chi connectivity index (χ3n) is 9.06. The van der Waals surface area contributed by atoms with Crippen molar-refractivity contribution in [3.63, 3.8) is 0 Å². The Morgan fingerprint density at radius 2 is 0.684 bits per heavy atom. The van der Waals surface area contributed by atoms with Crippen LogP contribution in [0.5, 0.6) is 5.75 Å². The molecule has 6 aromatic rings. The van der Waals surface area contributed by atoms with E-state index in [0.29, 0.717) is 0 Å². The first-order chi connectivity index (χ1) is 27.8. The molecule has 0 amide bonds. The van der Waals surface area contributed by atoms with Crippen molar-refractivity contribution in [2.45, 2.75) is 18.6 Å². The van der Waals surface area contributed by atoms with Crippen molar-refractivity contribution in [3.8, 4) is 5.75 Å². The van der Waals surface area contributed by atoms with Crippen LogP contribution >= 0.6 is 0 Å². The number of rotatable bonds is 18. The molecule has 0 fully saturated rings. The summed E-state index contributed by atoms with van der Waals surface area (Å²) in [6.45, 7) is 4.95. The van der Waals surface area contributed by atoms with E-state index in [9.17, 15) is 0 Å². The third-order valence-corrected chi connectivity index (χ3v) is 9.06. The van der Waals surface area contributed by atoms with E-state index < -0.39 is 0 Å². The van der Waals surface area contributed by atoms with Crippen LogP contribution < -0.4 is 4.74 Å². The SMILES string of the molecule is CN(C)CCOC(c1ccccc1)c1ccccc1.CN(C)CCOC(c1ccccc1)c1ccccc1.CN(C)CCOc1ccccc1Cc1ccccc1. The maximum absolute atomic E-state index is 6.08. The van der Waals surface area contributed by atoms with Gasteiger partial charge in [0.25, 0.3) is 0 Å². The van der Waals surface area contributed by atoms with Crippen molar-refractivity contribution < 1.29 is 14.2 Å². The van der Waals surface area contributed by atoms with Crippen molar-refractivity contribution in [1.29, 1.82) is 0 Å². The van der Waals surface area contributed by atoms with E-state index in [1.54, 1.807) is 0 Å². The summed E-state index contributed by atoms with van der Waals surface area (Å²) in [5.41, 5.74) is 7.36. The first-order valence-electron chi connectivity index (χ1n) is 19.9. The Balaban J connectivity index is 0.000000189. The Morgan fingerprint density at radius 3 is 1.05 bits per heavy atom. The molecular formula is C51H63N3O3. The van der Waals surface area contributed by atoms with Gasteiger partial charge in [-0.05, 0) is 81.7 Å². The summed E-state index contributed by atoms with van der Waals surface area (Å²) >= 11 is 0. The Labute approximate surface area is 343 Å². The van der Waals surface area contributed by atoms with E-state index in [4.69, 9.17) is 14.2 Å². The van der Waals surface area contributed by atoms with E-state index in [0.717, 1.165) is 51.6 Å². The molecule has 0 aromatic heterocycles. The fourth-order valence-corrected chi connectivity index (χ4v) is 5.93. The highest BCUT2D eigenvalue weighted by Gasteiger charge is 2.15. The third kappa shape index (κ3) is 17.3.